The highest BCUT2D eigenvalue weighted by molar-refractivity contribution is 6.23. The number of ether oxygens (including phenoxy) is 3. The molecule has 2 aromatic rings. The number of H-pyrrole nitrogens is 1. The van der Waals surface area contributed by atoms with Crippen LogP contribution in [0.3, 0.4) is 0 Å². The number of aliphatic hydroxyl groups is 1. The monoisotopic (exact) mass is 597 g/mol. The molecule has 2 saturated carbocycles. The number of hydrogen-bond donors (Lipinski definition) is 2. The summed E-state index contributed by atoms with van der Waals surface area (Å²) in [5.41, 5.74) is 3.81. The number of nitrogens with one attached hydrogen (secondary N) is 1. The van der Waals surface area contributed by atoms with Crippen molar-refractivity contribution in [1.82, 2.24) is 4.98 Å². The number of hydrogen-bond acceptors (Lipinski definition) is 6. The molecule has 1 spiro atoms. The molecule has 2 bridgehead atoms. The van der Waals surface area contributed by atoms with E-state index in [1.165, 1.54) is 11.3 Å². The van der Waals surface area contributed by atoms with Crippen molar-refractivity contribution in [3.63, 3.8) is 0 Å². The third kappa shape index (κ3) is 2.87. The third-order valence-corrected chi connectivity index (χ3v) is 13.3. The Morgan fingerprint density at radius 1 is 0.932 bits per heavy atom. The molecule has 7 heteroatoms. The summed E-state index contributed by atoms with van der Waals surface area (Å²) in [4.78, 5) is 31.2. The van der Waals surface area contributed by atoms with Crippen LogP contribution in [0.25, 0.3) is 16.5 Å². The number of fused-ring (bicyclic) bond motifs is 11. The fraction of sp³-hybridized carbons (Fsp3) is 0.622. The first-order valence-electron chi connectivity index (χ1n) is 16.4. The van der Waals surface area contributed by atoms with E-state index in [1.54, 1.807) is 6.08 Å². The second-order valence-electron chi connectivity index (χ2n) is 16.9. The Kier molecular flexibility index (Phi) is 4.73. The molecule has 2 N–H and O–H groups in total. The zero-order valence-electron chi connectivity index (χ0n) is 27.1. The molecule has 44 heavy (non-hydrogen) atoms. The Balaban J connectivity index is 1.19. The Morgan fingerprint density at radius 2 is 1.68 bits per heavy atom. The highest BCUT2D eigenvalue weighted by Crippen LogP contribution is 2.72. The first-order chi connectivity index (χ1) is 20.4. The molecule has 7 aliphatic rings. The van der Waals surface area contributed by atoms with Crippen molar-refractivity contribution in [1.29, 1.82) is 0 Å². The van der Waals surface area contributed by atoms with E-state index >= 15 is 0 Å². The van der Waals surface area contributed by atoms with Gasteiger partial charge >= 0.3 is 0 Å². The Labute approximate surface area is 258 Å². The quantitative estimate of drug-likeness (QED) is 0.373. The molecule has 4 heterocycles. The predicted octanol–water partition coefficient (Wildman–Crippen LogP) is 6.25. The minimum absolute atomic E-state index is 0.0829. The van der Waals surface area contributed by atoms with Gasteiger partial charge in [-0.15, -0.1) is 0 Å². The van der Waals surface area contributed by atoms with Gasteiger partial charge in [-0.1, -0.05) is 13.8 Å². The minimum Gasteiger partial charge on any atom is -0.385 e. The van der Waals surface area contributed by atoms with Crippen LogP contribution in [0.15, 0.2) is 29.4 Å². The standard InChI is InChI=1S/C37H43NO6/c1-31(2)17-23-19-15-24-20(14-21(19)28(40)27(23)32(3,4)43-31)22-13-18-9-10-36(41)26-16-25(39)30-33(5,6)44-37(26,42-30)12-11-34(36,7)35(18,8)29(22)38-24/h14-16,18,30,38,41H,9-13,17H2,1-8H3. The zero-order valence-corrected chi connectivity index (χ0v) is 27.1. The number of benzene rings is 1. The van der Waals surface area contributed by atoms with Gasteiger partial charge < -0.3 is 24.3 Å². The molecule has 3 fully saturated rings. The summed E-state index contributed by atoms with van der Waals surface area (Å²) in [6.45, 7) is 16.6. The average molecular weight is 598 g/mol. The topological polar surface area (TPSA) is 97.9 Å². The van der Waals surface area contributed by atoms with Crippen molar-refractivity contribution in [3.8, 4) is 0 Å². The molecule has 9 rings (SSSR count). The minimum atomic E-state index is -1.26. The molecular formula is C37H43NO6. The van der Waals surface area contributed by atoms with Crippen LogP contribution in [0, 0.1) is 11.3 Å². The van der Waals surface area contributed by atoms with E-state index in [-0.39, 0.29) is 22.6 Å². The van der Waals surface area contributed by atoms with E-state index in [0.29, 0.717) is 37.2 Å². The molecule has 232 valence electrons. The van der Waals surface area contributed by atoms with E-state index in [9.17, 15) is 14.7 Å². The number of rotatable bonds is 0. The lowest BCUT2D eigenvalue weighted by Crippen LogP contribution is -2.69. The summed E-state index contributed by atoms with van der Waals surface area (Å²) >= 11 is 0. The first-order valence-corrected chi connectivity index (χ1v) is 16.4. The molecular weight excluding hydrogens is 554 g/mol. The number of aromatic nitrogens is 1. The Bertz CT molecular complexity index is 1840. The average Bonchev–Trinajstić information content (AvgIpc) is 3.57. The van der Waals surface area contributed by atoms with Crippen LogP contribution in [0.4, 0.5) is 0 Å². The van der Waals surface area contributed by atoms with Crippen LogP contribution in [0.2, 0.25) is 0 Å². The van der Waals surface area contributed by atoms with Gasteiger partial charge in [0.25, 0.3) is 0 Å². The van der Waals surface area contributed by atoms with Gasteiger partial charge in [0.2, 0.25) is 0 Å². The van der Waals surface area contributed by atoms with Crippen molar-refractivity contribution >= 4 is 28.0 Å². The number of ketones is 2. The van der Waals surface area contributed by atoms with Crippen molar-refractivity contribution in [2.24, 2.45) is 11.3 Å². The summed E-state index contributed by atoms with van der Waals surface area (Å²) in [7, 11) is 0. The van der Waals surface area contributed by atoms with Gasteiger partial charge in [0.15, 0.2) is 23.5 Å². The van der Waals surface area contributed by atoms with Gasteiger partial charge in [0.05, 0.1) is 16.8 Å². The summed E-state index contributed by atoms with van der Waals surface area (Å²) in [5.74, 6) is -0.766. The van der Waals surface area contributed by atoms with Crippen LogP contribution in [0.5, 0.6) is 0 Å². The van der Waals surface area contributed by atoms with Crippen LogP contribution in [0.1, 0.15) is 115 Å². The predicted molar refractivity (Wildman–Crippen MR) is 165 cm³/mol. The third-order valence-electron chi connectivity index (χ3n) is 13.3. The van der Waals surface area contributed by atoms with E-state index in [0.717, 1.165) is 46.0 Å². The van der Waals surface area contributed by atoms with Gasteiger partial charge in [-0.2, -0.15) is 0 Å². The van der Waals surface area contributed by atoms with Crippen molar-refractivity contribution < 1.29 is 28.9 Å². The summed E-state index contributed by atoms with van der Waals surface area (Å²) < 4.78 is 19.4. The fourth-order valence-corrected chi connectivity index (χ4v) is 11.4. The normalized spacial score (nSPS) is 42.0. The van der Waals surface area contributed by atoms with Gasteiger partial charge in [-0.25, -0.2) is 0 Å². The largest absolute Gasteiger partial charge is 0.385 e. The van der Waals surface area contributed by atoms with Crippen molar-refractivity contribution in [2.45, 2.75) is 134 Å². The SMILES string of the molecule is CC1(C)CC2=C(C(=O)c3cc4c5c([nH]c4cc32)C2(C)C(CCC3(O)C4=CC(=O)C6OC4(CCC32C)OC6(C)C)C5)C(C)(C)O1. The van der Waals surface area contributed by atoms with Crippen LogP contribution >= 0.6 is 0 Å². The maximum absolute atomic E-state index is 13.9. The van der Waals surface area contributed by atoms with Crippen LogP contribution in [-0.4, -0.2) is 56.0 Å². The highest BCUT2D eigenvalue weighted by atomic mass is 16.8. The smallest absolute Gasteiger partial charge is 0.195 e. The molecule has 1 aromatic heterocycles. The maximum Gasteiger partial charge on any atom is 0.195 e. The number of Topliss-reactive ketones (excluding diaryl/α,β-unsaturated/α-hetero) is 1. The summed E-state index contributed by atoms with van der Waals surface area (Å²) in [6, 6.07) is 4.32. The molecule has 7 nitrogen and oxygen atoms in total. The van der Waals surface area contributed by atoms with Crippen molar-refractivity contribution in [2.75, 3.05) is 0 Å². The molecule has 1 saturated heterocycles. The zero-order chi connectivity index (χ0) is 31.2. The lowest BCUT2D eigenvalue weighted by atomic mass is 9.42. The summed E-state index contributed by atoms with van der Waals surface area (Å²) in [6.07, 6.45) is 5.28. The van der Waals surface area contributed by atoms with E-state index in [4.69, 9.17) is 14.2 Å². The highest BCUT2D eigenvalue weighted by Gasteiger charge is 2.75. The van der Waals surface area contributed by atoms with Gasteiger partial charge in [0.1, 0.15) is 5.60 Å². The van der Waals surface area contributed by atoms with Gasteiger partial charge in [-0.05, 0) is 108 Å². The van der Waals surface area contributed by atoms with E-state index < -0.39 is 34.1 Å². The molecule has 1 aromatic carbocycles. The number of carbonyl (C=O) groups excluding carboxylic acids is 2. The second-order valence-corrected chi connectivity index (χ2v) is 16.9. The van der Waals surface area contributed by atoms with Crippen molar-refractivity contribution in [3.05, 3.63) is 51.7 Å². The maximum atomic E-state index is 13.9. The molecule has 0 radical (unpaired) electrons. The van der Waals surface area contributed by atoms with E-state index in [2.05, 4.69) is 44.8 Å². The summed E-state index contributed by atoms with van der Waals surface area (Å²) in [5, 5.41) is 14.0. The van der Waals surface area contributed by atoms with Gasteiger partial charge in [0, 0.05) is 57.0 Å². The number of aromatic amines is 1. The van der Waals surface area contributed by atoms with Crippen LogP contribution < -0.4 is 0 Å². The number of carbonyl (C=O) groups is 2. The van der Waals surface area contributed by atoms with E-state index in [1.807, 2.05) is 27.7 Å². The molecule has 6 atom stereocenters. The Hall–Kier alpha value is -2.58. The molecule has 3 aliphatic heterocycles. The molecule has 6 unspecified atom stereocenters. The Morgan fingerprint density at radius 3 is 2.43 bits per heavy atom. The lowest BCUT2D eigenvalue weighted by Gasteiger charge is -2.65. The van der Waals surface area contributed by atoms with Gasteiger partial charge in [-0.3, -0.25) is 9.59 Å². The molecule has 4 aliphatic carbocycles. The second kappa shape index (κ2) is 7.52. The fourth-order valence-electron chi connectivity index (χ4n) is 11.4. The molecule has 0 amide bonds. The van der Waals surface area contributed by atoms with Crippen LogP contribution in [-0.2, 0) is 30.8 Å². The first kappa shape index (κ1) is 27.7. The lowest BCUT2D eigenvalue weighted by molar-refractivity contribution is -0.247.